The lowest BCUT2D eigenvalue weighted by Gasteiger charge is -2.40. The fourth-order valence-corrected chi connectivity index (χ4v) is 2.63. The molecule has 3 rings (SSSR count). The number of likely N-dealkylation sites (tertiary alicyclic amines) is 1. The number of morpholine rings is 1. The van der Waals surface area contributed by atoms with Crippen LogP contribution in [-0.2, 0) is 16.0 Å². The van der Waals surface area contributed by atoms with Gasteiger partial charge in [0.2, 0.25) is 5.91 Å². The molecular formula is C13H17N3O4. The van der Waals surface area contributed by atoms with Crippen LogP contribution in [0.5, 0.6) is 0 Å². The summed E-state index contributed by atoms with van der Waals surface area (Å²) >= 11 is 0. The molecule has 0 aliphatic carbocycles. The molecule has 0 aromatic carbocycles. The second-order valence-electron chi connectivity index (χ2n) is 5.10. The third kappa shape index (κ3) is 2.40. The third-order valence-electron chi connectivity index (χ3n) is 3.74. The summed E-state index contributed by atoms with van der Waals surface area (Å²) in [6.45, 7) is 3.10. The van der Waals surface area contributed by atoms with E-state index < -0.39 is 0 Å². The Morgan fingerprint density at radius 2 is 2.45 bits per heavy atom. The van der Waals surface area contributed by atoms with E-state index in [2.05, 4.69) is 10.5 Å². The van der Waals surface area contributed by atoms with Gasteiger partial charge >= 0.3 is 0 Å². The van der Waals surface area contributed by atoms with Gasteiger partial charge in [0, 0.05) is 25.6 Å². The third-order valence-corrected chi connectivity index (χ3v) is 3.74. The molecule has 2 saturated heterocycles. The molecule has 1 N–H and O–H groups in total. The number of carbonyl (C=O) groups excluding carboxylic acids is 2. The second-order valence-corrected chi connectivity index (χ2v) is 5.10. The highest BCUT2D eigenvalue weighted by Crippen LogP contribution is 2.19. The number of rotatable bonds is 2. The number of aryl methyl sites for hydroxylation is 1. The fraction of sp³-hybridized carbons (Fsp3) is 0.615. The van der Waals surface area contributed by atoms with E-state index in [0.29, 0.717) is 31.0 Å². The Kier molecular flexibility index (Phi) is 3.43. The van der Waals surface area contributed by atoms with E-state index in [-0.39, 0.29) is 30.6 Å². The molecule has 20 heavy (non-hydrogen) atoms. The van der Waals surface area contributed by atoms with Gasteiger partial charge in [0.15, 0.2) is 5.69 Å². The van der Waals surface area contributed by atoms with Crippen LogP contribution in [0.4, 0.5) is 0 Å². The van der Waals surface area contributed by atoms with Crippen LogP contribution < -0.4 is 5.32 Å². The second kappa shape index (κ2) is 5.24. The van der Waals surface area contributed by atoms with E-state index >= 15 is 0 Å². The maximum atomic E-state index is 12.3. The SMILES string of the molecule is CCc1cc(C(=O)N2CC[C@H]3OCC(=O)N[C@H]3C2)no1. The molecule has 0 spiro atoms. The molecule has 108 valence electrons. The normalized spacial score (nSPS) is 26.1. The molecule has 1 aromatic heterocycles. The van der Waals surface area contributed by atoms with Gasteiger partial charge in [-0.2, -0.15) is 0 Å². The van der Waals surface area contributed by atoms with Crippen LogP contribution in [0.15, 0.2) is 10.6 Å². The molecule has 0 radical (unpaired) electrons. The molecule has 1 aromatic rings. The van der Waals surface area contributed by atoms with Crippen molar-refractivity contribution in [1.29, 1.82) is 0 Å². The molecule has 7 heteroatoms. The summed E-state index contributed by atoms with van der Waals surface area (Å²) in [5.41, 5.74) is 0.323. The molecule has 7 nitrogen and oxygen atoms in total. The highest BCUT2D eigenvalue weighted by Gasteiger charge is 2.37. The van der Waals surface area contributed by atoms with Crippen molar-refractivity contribution in [3.63, 3.8) is 0 Å². The van der Waals surface area contributed by atoms with Crippen LogP contribution in [0.3, 0.4) is 0 Å². The van der Waals surface area contributed by atoms with Gasteiger partial charge < -0.3 is 19.5 Å². The number of amides is 2. The van der Waals surface area contributed by atoms with Gasteiger partial charge in [-0.15, -0.1) is 0 Å². The zero-order chi connectivity index (χ0) is 14.1. The van der Waals surface area contributed by atoms with Crippen molar-refractivity contribution >= 4 is 11.8 Å². The summed E-state index contributed by atoms with van der Waals surface area (Å²) in [7, 11) is 0. The summed E-state index contributed by atoms with van der Waals surface area (Å²) in [4.78, 5) is 25.4. The first-order valence-electron chi connectivity index (χ1n) is 6.83. The van der Waals surface area contributed by atoms with E-state index in [0.717, 1.165) is 6.42 Å². The zero-order valence-electron chi connectivity index (χ0n) is 11.3. The van der Waals surface area contributed by atoms with E-state index in [1.807, 2.05) is 6.92 Å². The lowest BCUT2D eigenvalue weighted by atomic mass is 10.00. The fourth-order valence-electron chi connectivity index (χ4n) is 2.63. The Labute approximate surface area is 116 Å². The monoisotopic (exact) mass is 279 g/mol. The first-order chi connectivity index (χ1) is 9.67. The molecule has 2 amide bonds. The van der Waals surface area contributed by atoms with Crippen molar-refractivity contribution in [2.24, 2.45) is 0 Å². The maximum Gasteiger partial charge on any atom is 0.276 e. The van der Waals surface area contributed by atoms with Crippen molar-refractivity contribution < 1.29 is 18.8 Å². The van der Waals surface area contributed by atoms with Crippen molar-refractivity contribution in [2.45, 2.75) is 31.9 Å². The first-order valence-corrected chi connectivity index (χ1v) is 6.83. The summed E-state index contributed by atoms with van der Waals surface area (Å²) in [6.07, 6.45) is 1.42. The molecule has 2 aliphatic heterocycles. The van der Waals surface area contributed by atoms with Crippen molar-refractivity contribution in [3.8, 4) is 0 Å². The predicted molar refractivity (Wildman–Crippen MR) is 68.1 cm³/mol. The smallest absolute Gasteiger partial charge is 0.276 e. The number of piperidine rings is 1. The maximum absolute atomic E-state index is 12.3. The summed E-state index contributed by atoms with van der Waals surface area (Å²) in [5.74, 6) is 0.402. The van der Waals surface area contributed by atoms with Gasteiger partial charge in [-0.25, -0.2) is 0 Å². The molecule has 0 unspecified atom stereocenters. The number of aromatic nitrogens is 1. The number of carbonyl (C=O) groups is 2. The zero-order valence-corrected chi connectivity index (χ0v) is 11.3. The standard InChI is InChI=1S/C13H17N3O4/c1-2-8-5-9(15-20-8)13(18)16-4-3-11-10(6-16)14-12(17)7-19-11/h5,10-11H,2-4,6-7H2,1H3,(H,14,17)/t10-,11+/m0/s1. The number of ether oxygens (including phenoxy) is 1. The largest absolute Gasteiger partial charge is 0.366 e. The minimum Gasteiger partial charge on any atom is -0.366 e. The van der Waals surface area contributed by atoms with Crippen LogP contribution in [0, 0.1) is 0 Å². The predicted octanol–water partition coefficient (Wildman–Crippen LogP) is -0.0335. The van der Waals surface area contributed by atoms with Crippen LogP contribution in [0.2, 0.25) is 0 Å². The quantitative estimate of drug-likeness (QED) is 0.821. The summed E-state index contributed by atoms with van der Waals surface area (Å²) < 4.78 is 10.5. The van der Waals surface area contributed by atoms with Gasteiger partial charge in [-0.3, -0.25) is 9.59 Å². The number of hydrogen-bond acceptors (Lipinski definition) is 5. The Bertz CT molecular complexity index is 527. The molecule has 0 bridgehead atoms. The number of nitrogens with one attached hydrogen (secondary N) is 1. The number of nitrogens with zero attached hydrogens (tertiary/aromatic N) is 2. The average Bonchev–Trinajstić information content (AvgIpc) is 2.94. The lowest BCUT2D eigenvalue weighted by molar-refractivity contribution is -0.139. The minimum atomic E-state index is -0.160. The van der Waals surface area contributed by atoms with E-state index in [1.165, 1.54) is 0 Å². The van der Waals surface area contributed by atoms with Crippen molar-refractivity contribution in [3.05, 3.63) is 17.5 Å². The lowest BCUT2D eigenvalue weighted by Crippen LogP contribution is -2.61. The van der Waals surface area contributed by atoms with Crippen molar-refractivity contribution in [2.75, 3.05) is 19.7 Å². The van der Waals surface area contributed by atoms with Gasteiger partial charge in [0.1, 0.15) is 12.4 Å². The average molecular weight is 279 g/mol. The highest BCUT2D eigenvalue weighted by atomic mass is 16.5. The Balaban J connectivity index is 1.68. The Morgan fingerprint density at radius 1 is 1.60 bits per heavy atom. The molecule has 2 fully saturated rings. The van der Waals surface area contributed by atoms with Crippen molar-refractivity contribution in [1.82, 2.24) is 15.4 Å². The van der Waals surface area contributed by atoms with E-state index in [4.69, 9.17) is 9.26 Å². The molecule has 3 heterocycles. The van der Waals surface area contributed by atoms with Crippen LogP contribution >= 0.6 is 0 Å². The number of hydrogen-bond donors (Lipinski definition) is 1. The topological polar surface area (TPSA) is 84.7 Å². The molecule has 2 atom stereocenters. The van der Waals surface area contributed by atoms with Gasteiger partial charge in [-0.1, -0.05) is 12.1 Å². The Hall–Kier alpha value is -1.89. The Morgan fingerprint density at radius 3 is 3.20 bits per heavy atom. The molecule has 0 saturated carbocycles. The van der Waals surface area contributed by atoms with E-state index in [1.54, 1.807) is 11.0 Å². The number of fused-ring (bicyclic) bond motifs is 1. The van der Waals surface area contributed by atoms with Crippen LogP contribution in [-0.4, -0.2) is 53.7 Å². The van der Waals surface area contributed by atoms with E-state index in [9.17, 15) is 9.59 Å². The summed E-state index contributed by atoms with van der Waals surface area (Å²) in [6, 6.07) is 1.54. The highest BCUT2D eigenvalue weighted by molar-refractivity contribution is 5.92. The molecular weight excluding hydrogens is 262 g/mol. The van der Waals surface area contributed by atoms with Gasteiger partial charge in [0.05, 0.1) is 12.1 Å². The summed E-state index contributed by atoms with van der Waals surface area (Å²) in [5, 5.41) is 6.67. The molecule has 2 aliphatic rings. The van der Waals surface area contributed by atoms with Crippen LogP contribution in [0.1, 0.15) is 29.6 Å². The van der Waals surface area contributed by atoms with Gasteiger partial charge in [0.25, 0.3) is 5.91 Å². The van der Waals surface area contributed by atoms with Gasteiger partial charge in [-0.05, 0) is 6.42 Å². The van der Waals surface area contributed by atoms with Crippen LogP contribution in [0.25, 0.3) is 0 Å². The minimum absolute atomic E-state index is 0.000242. The first kappa shape index (κ1) is 13.1.